The molecular weight excluding hydrogens is 494 g/mol. The summed E-state index contributed by atoms with van der Waals surface area (Å²) in [5.41, 5.74) is -2.22. The number of nitrogens with zero attached hydrogens (tertiary/aromatic N) is 4. The predicted molar refractivity (Wildman–Crippen MR) is 122 cm³/mol. The summed E-state index contributed by atoms with van der Waals surface area (Å²) in [5.74, 6) is -0.848. The van der Waals surface area contributed by atoms with Crippen LogP contribution in [-0.4, -0.2) is 55.0 Å². The zero-order valence-electron chi connectivity index (χ0n) is 19.0. The van der Waals surface area contributed by atoms with Crippen molar-refractivity contribution in [1.82, 2.24) is 14.5 Å². The largest absolute Gasteiger partial charge is 0.473 e. The first-order valence-corrected chi connectivity index (χ1v) is 11.2. The summed E-state index contributed by atoms with van der Waals surface area (Å²) in [5, 5.41) is -1.51. The molecule has 0 N–H and O–H groups in total. The van der Waals surface area contributed by atoms with Crippen LogP contribution in [0.5, 0.6) is 17.4 Å². The Bertz CT molecular complexity index is 1470. The number of hydrogen-bond donors (Lipinski definition) is 0. The van der Waals surface area contributed by atoms with Gasteiger partial charge in [0.25, 0.3) is 0 Å². The highest BCUT2D eigenvalue weighted by molar-refractivity contribution is 6.40. The van der Waals surface area contributed by atoms with E-state index in [-0.39, 0.29) is 36.7 Å². The van der Waals surface area contributed by atoms with E-state index in [1.807, 2.05) is 4.90 Å². The van der Waals surface area contributed by atoms with Crippen LogP contribution in [0, 0.1) is 5.82 Å². The van der Waals surface area contributed by atoms with E-state index in [4.69, 9.17) is 29.9 Å². The molecule has 8 nitrogen and oxygen atoms in total. The fourth-order valence-corrected chi connectivity index (χ4v) is 5.15. The Morgan fingerprint density at radius 2 is 2.00 bits per heavy atom. The van der Waals surface area contributed by atoms with Crippen LogP contribution in [0.25, 0.3) is 0 Å². The maximum atomic E-state index is 14.6. The number of benzene rings is 1. The molecule has 2 atom stereocenters. The smallest absolute Gasteiger partial charge is 0.433 e. The van der Waals surface area contributed by atoms with Gasteiger partial charge in [-0.3, -0.25) is 9.55 Å². The number of rotatable bonds is 5. The SMILES string of the molecule is [B]C1([B])n2c(cc(OCc3ccc(Oc4ccnc(C(F)(F)F)c4)c(F)c3)nc2=O)N2C[C@@H]3C[C@@]21CO3. The number of hydrogen-bond acceptors (Lipinski definition) is 7. The van der Waals surface area contributed by atoms with E-state index >= 15 is 0 Å². The van der Waals surface area contributed by atoms with E-state index in [0.717, 1.165) is 12.3 Å². The summed E-state index contributed by atoms with van der Waals surface area (Å²) in [6.45, 7) is 0.661. The Morgan fingerprint density at radius 1 is 1.19 bits per heavy atom. The van der Waals surface area contributed by atoms with Crippen molar-refractivity contribution in [3.63, 3.8) is 0 Å². The van der Waals surface area contributed by atoms with Crippen molar-refractivity contribution in [2.24, 2.45) is 0 Å². The maximum absolute atomic E-state index is 14.6. The number of pyridine rings is 1. The molecule has 0 aliphatic carbocycles. The normalized spacial score (nSPS) is 23.1. The molecule has 14 heteroatoms. The molecule has 0 saturated carbocycles. The van der Waals surface area contributed by atoms with Crippen LogP contribution in [0.15, 0.2) is 47.4 Å². The average Bonchev–Trinajstić information content (AvgIpc) is 3.49. The highest BCUT2D eigenvalue weighted by Gasteiger charge is 2.64. The van der Waals surface area contributed by atoms with Gasteiger partial charge >= 0.3 is 11.9 Å². The third-order valence-electron chi connectivity index (χ3n) is 6.93. The highest BCUT2D eigenvalue weighted by atomic mass is 19.4. The van der Waals surface area contributed by atoms with Crippen LogP contribution in [0.1, 0.15) is 17.7 Å². The van der Waals surface area contributed by atoms with Gasteiger partial charge in [-0.05, 0) is 29.1 Å². The molecule has 3 aliphatic heterocycles. The second-order valence-corrected chi connectivity index (χ2v) is 9.21. The van der Waals surface area contributed by atoms with E-state index < -0.39 is 34.3 Å². The molecule has 0 amide bonds. The standard InChI is InChI=1S/C23H16B2F4N4O4/c24-23(25)21-8-14(36-11-21)9-32(21)19-7-18(31-20(34)33(19)23)35-10-12-1-2-16(15(26)5-12)37-13-3-4-30-17(6-13)22(27,28)29/h1-7,14H,8-11H2/t14-,21-/m0/s1. The molecule has 3 aromatic rings. The van der Waals surface area contributed by atoms with Crippen molar-refractivity contribution in [2.45, 2.75) is 36.2 Å². The van der Waals surface area contributed by atoms with Crippen LogP contribution in [0.2, 0.25) is 0 Å². The molecule has 186 valence electrons. The number of halogens is 4. The third kappa shape index (κ3) is 3.68. The molecule has 2 aromatic heterocycles. The topological polar surface area (TPSA) is 78.7 Å². The van der Waals surface area contributed by atoms with Crippen LogP contribution in [0.4, 0.5) is 23.4 Å². The van der Waals surface area contributed by atoms with Crippen LogP contribution < -0.4 is 20.1 Å². The number of fused-ring (bicyclic) bond motifs is 3. The molecule has 1 spiro atoms. The fourth-order valence-electron chi connectivity index (χ4n) is 5.15. The first-order chi connectivity index (χ1) is 17.5. The van der Waals surface area contributed by atoms with Gasteiger partial charge in [-0.25, -0.2) is 9.18 Å². The van der Waals surface area contributed by atoms with Crippen molar-refractivity contribution in [3.05, 3.63) is 70.2 Å². The predicted octanol–water partition coefficient (Wildman–Crippen LogP) is 2.48. The number of anilines is 1. The first kappa shape index (κ1) is 23.8. The van der Waals surface area contributed by atoms with Crippen molar-refractivity contribution >= 4 is 21.5 Å². The van der Waals surface area contributed by atoms with Crippen molar-refractivity contribution < 1.29 is 31.8 Å². The third-order valence-corrected chi connectivity index (χ3v) is 6.93. The first-order valence-electron chi connectivity index (χ1n) is 11.2. The van der Waals surface area contributed by atoms with Gasteiger partial charge in [0.05, 0.1) is 33.9 Å². The molecular formula is C23H16B2F4N4O4. The maximum Gasteiger partial charge on any atom is 0.433 e. The Balaban J connectivity index is 1.19. The minimum atomic E-state index is -4.66. The van der Waals surface area contributed by atoms with Crippen LogP contribution in [0.3, 0.4) is 0 Å². The minimum Gasteiger partial charge on any atom is -0.473 e. The number of aromatic nitrogens is 3. The summed E-state index contributed by atoms with van der Waals surface area (Å²) < 4.78 is 71.0. The number of alkyl halides is 3. The Labute approximate surface area is 210 Å². The molecule has 2 saturated heterocycles. The zero-order valence-corrected chi connectivity index (χ0v) is 19.0. The highest BCUT2D eigenvalue weighted by Crippen LogP contribution is 2.53. The van der Waals surface area contributed by atoms with E-state index in [1.54, 1.807) is 6.07 Å². The lowest BCUT2D eigenvalue weighted by Crippen LogP contribution is -2.61. The summed E-state index contributed by atoms with van der Waals surface area (Å²) in [6.07, 6.45) is -3.19. The Kier molecular flexibility index (Phi) is 5.14. The summed E-state index contributed by atoms with van der Waals surface area (Å²) in [4.78, 5) is 21.9. The Morgan fingerprint density at radius 3 is 2.73 bits per heavy atom. The van der Waals surface area contributed by atoms with Gasteiger partial charge in [-0.1, -0.05) is 6.07 Å². The van der Waals surface area contributed by atoms with Gasteiger partial charge in [0.2, 0.25) is 5.88 Å². The lowest BCUT2D eigenvalue weighted by atomic mass is 9.51. The average molecular weight is 510 g/mol. The molecule has 37 heavy (non-hydrogen) atoms. The molecule has 6 rings (SSSR count). The lowest BCUT2D eigenvalue weighted by Gasteiger charge is -2.42. The zero-order chi connectivity index (χ0) is 26.2. The van der Waals surface area contributed by atoms with Gasteiger partial charge in [0.1, 0.15) is 23.9 Å². The van der Waals surface area contributed by atoms with Gasteiger partial charge < -0.3 is 19.1 Å². The monoisotopic (exact) mass is 510 g/mol. The van der Waals surface area contributed by atoms with E-state index in [0.29, 0.717) is 30.4 Å². The molecule has 2 bridgehead atoms. The van der Waals surface area contributed by atoms with E-state index in [9.17, 15) is 22.4 Å². The second-order valence-electron chi connectivity index (χ2n) is 9.21. The van der Waals surface area contributed by atoms with Crippen molar-refractivity contribution in [2.75, 3.05) is 18.1 Å². The van der Waals surface area contributed by atoms with Gasteiger partial charge in [0, 0.05) is 31.3 Å². The van der Waals surface area contributed by atoms with Gasteiger partial charge in [-0.15, -0.1) is 0 Å². The summed E-state index contributed by atoms with van der Waals surface area (Å²) >= 11 is 0. The van der Waals surface area contributed by atoms with Gasteiger partial charge in [-0.2, -0.15) is 18.2 Å². The lowest BCUT2D eigenvalue weighted by molar-refractivity contribution is -0.141. The summed E-state index contributed by atoms with van der Waals surface area (Å²) in [6, 6.07) is 7.26. The van der Waals surface area contributed by atoms with Crippen molar-refractivity contribution in [1.29, 1.82) is 0 Å². The molecule has 4 radical (unpaired) electrons. The Hall–Kier alpha value is -3.54. The quantitative estimate of drug-likeness (QED) is 0.386. The fraction of sp³-hybridized carbons (Fsp3) is 0.348. The van der Waals surface area contributed by atoms with Crippen LogP contribution >= 0.6 is 0 Å². The van der Waals surface area contributed by atoms with E-state index in [2.05, 4.69) is 9.97 Å². The number of morpholine rings is 1. The van der Waals surface area contributed by atoms with Crippen molar-refractivity contribution in [3.8, 4) is 17.4 Å². The molecule has 5 heterocycles. The molecule has 2 fully saturated rings. The summed E-state index contributed by atoms with van der Waals surface area (Å²) in [7, 11) is 12.8. The molecule has 0 unspecified atom stereocenters. The van der Waals surface area contributed by atoms with Crippen LogP contribution in [-0.2, 0) is 22.9 Å². The van der Waals surface area contributed by atoms with E-state index in [1.165, 1.54) is 22.8 Å². The molecule has 1 aromatic carbocycles. The van der Waals surface area contributed by atoms with Gasteiger partial charge in [0.15, 0.2) is 11.6 Å². The molecule has 3 aliphatic rings. The second kappa shape index (κ2) is 7.98. The minimum absolute atomic E-state index is 0.00462. The number of ether oxygens (including phenoxy) is 3.